The van der Waals surface area contributed by atoms with Gasteiger partial charge in [-0.15, -0.1) is 0 Å². The van der Waals surface area contributed by atoms with Gasteiger partial charge in [0.05, 0.1) is 5.69 Å². The Morgan fingerprint density at radius 1 is 1.17 bits per heavy atom. The summed E-state index contributed by atoms with van der Waals surface area (Å²) in [6.45, 7) is 0.842. The topological polar surface area (TPSA) is 72.1 Å². The minimum absolute atomic E-state index is 0.116. The Bertz CT molecular complexity index is 847. The van der Waals surface area contributed by atoms with Crippen molar-refractivity contribution in [2.75, 3.05) is 7.05 Å². The number of rotatable bonds is 4. The molecule has 0 saturated heterocycles. The minimum Gasteiger partial charge on any atom is -0.336 e. The highest BCUT2D eigenvalue weighted by Crippen LogP contribution is 2.16. The second kappa shape index (κ2) is 6.54. The van der Waals surface area contributed by atoms with Crippen LogP contribution in [0.5, 0.6) is 0 Å². The Morgan fingerprint density at radius 2 is 2.04 bits per heavy atom. The van der Waals surface area contributed by atoms with E-state index in [1.807, 2.05) is 30.5 Å². The first-order valence-corrected chi connectivity index (χ1v) is 7.41. The van der Waals surface area contributed by atoms with Crippen molar-refractivity contribution in [2.24, 2.45) is 5.73 Å². The standard InChI is InChI=1S/C18H18N4O/c1-22(18(23)17-4-2-3-16(10-19)21-17)12-13-5-6-15-11-20-8-7-14(15)9-13/h2-9,11H,10,12,19H2,1H3. The summed E-state index contributed by atoms with van der Waals surface area (Å²) < 4.78 is 0. The third-order valence-electron chi connectivity index (χ3n) is 3.71. The molecule has 0 unspecified atom stereocenters. The lowest BCUT2D eigenvalue weighted by Crippen LogP contribution is -2.27. The number of fused-ring (bicyclic) bond motifs is 1. The zero-order valence-corrected chi connectivity index (χ0v) is 12.9. The number of aromatic nitrogens is 2. The van der Waals surface area contributed by atoms with Gasteiger partial charge in [-0.05, 0) is 35.2 Å². The fraction of sp³-hybridized carbons (Fsp3) is 0.167. The fourth-order valence-electron chi connectivity index (χ4n) is 2.48. The largest absolute Gasteiger partial charge is 0.336 e. The van der Waals surface area contributed by atoms with E-state index in [9.17, 15) is 4.79 Å². The van der Waals surface area contributed by atoms with Gasteiger partial charge in [-0.3, -0.25) is 9.78 Å². The third kappa shape index (κ3) is 3.35. The number of hydrogen-bond donors (Lipinski definition) is 1. The second-order valence-corrected chi connectivity index (χ2v) is 5.44. The molecule has 0 aliphatic carbocycles. The summed E-state index contributed by atoms with van der Waals surface area (Å²) in [6, 6.07) is 13.4. The summed E-state index contributed by atoms with van der Waals surface area (Å²) in [6.07, 6.45) is 3.60. The molecular formula is C18H18N4O. The zero-order valence-electron chi connectivity index (χ0n) is 12.9. The highest BCUT2D eigenvalue weighted by Gasteiger charge is 2.14. The molecule has 2 aromatic heterocycles. The van der Waals surface area contributed by atoms with Gasteiger partial charge in [0.15, 0.2) is 0 Å². The molecule has 0 fully saturated rings. The lowest BCUT2D eigenvalue weighted by Gasteiger charge is -2.17. The molecule has 0 radical (unpaired) electrons. The lowest BCUT2D eigenvalue weighted by atomic mass is 10.1. The Balaban J connectivity index is 1.79. The summed E-state index contributed by atoms with van der Waals surface area (Å²) in [5.74, 6) is -0.116. The van der Waals surface area contributed by atoms with Crippen molar-refractivity contribution < 1.29 is 4.79 Å². The summed E-state index contributed by atoms with van der Waals surface area (Å²) in [5.41, 5.74) is 7.77. The number of hydrogen-bond acceptors (Lipinski definition) is 4. The monoisotopic (exact) mass is 306 g/mol. The molecule has 1 amide bonds. The van der Waals surface area contributed by atoms with Crippen LogP contribution in [0.15, 0.2) is 54.9 Å². The van der Waals surface area contributed by atoms with Crippen molar-refractivity contribution in [3.05, 3.63) is 71.8 Å². The van der Waals surface area contributed by atoms with E-state index in [1.54, 1.807) is 30.3 Å². The Labute approximate surface area is 134 Å². The molecule has 1 aromatic carbocycles. The van der Waals surface area contributed by atoms with Crippen LogP contribution in [-0.4, -0.2) is 27.8 Å². The van der Waals surface area contributed by atoms with Crippen molar-refractivity contribution in [2.45, 2.75) is 13.1 Å². The molecule has 0 aliphatic heterocycles. The molecule has 3 aromatic rings. The molecule has 23 heavy (non-hydrogen) atoms. The van der Waals surface area contributed by atoms with E-state index in [0.717, 1.165) is 16.3 Å². The van der Waals surface area contributed by atoms with Gasteiger partial charge in [0.25, 0.3) is 5.91 Å². The van der Waals surface area contributed by atoms with E-state index in [0.29, 0.717) is 24.5 Å². The summed E-state index contributed by atoms with van der Waals surface area (Å²) in [5, 5.41) is 2.20. The van der Waals surface area contributed by atoms with E-state index >= 15 is 0 Å². The average molecular weight is 306 g/mol. The van der Waals surface area contributed by atoms with Crippen molar-refractivity contribution >= 4 is 16.7 Å². The van der Waals surface area contributed by atoms with Gasteiger partial charge in [-0.1, -0.05) is 18.2 Å². The van der Waals surface area contributed by atoms with E-state index in [1.165, 1.54) is 0 Å². The van der Waals surface area contributed by atoms with Crippen molar-refractivity contribution in [3.63, 3.8) is 0 Å². The molecule has 5 nitrogen and oxygen atoms in total. The summed E-state index contributed by atoms with van der Waals surface area (Å²) >= 11 is 0. The molecule has 0 spiro atoms. The smallest absolute Gasteiger partial charge is 0.272 e. The molecule has 2 N–H and O–H groups in total. The molecule has 0 saturated carbocycles. The lowest BCUT2D eigenvalue weighted by molar-refractivity contribution is 0.0779. The molecule has 5 heteroatoms. The van der Waals surface area contributed by atoms with E-state index in [2.05, 4.69) is 16.0 Å². The van der Waals surface area contributed by atoms with Gasteiger partial charge in [0.1, 0.15) is 5.69 Å². The van der Waals surface area contributed by atoms with E-state index < -0.39 is 0 Å². The van der Waals surface area contributed by atoms with Crippen LogP contribution in [0.1, 0.15) is 21.7 Å². The van der Waals surface area contributed by atoms with Gasteiger partial charge in [-0.2, -0.15) is 0 Å². The van der Waals surface area contributed by atoms with Gasteiger partial charge < -0.3 is 10.6 Å². The Morgan fingerprint density at radius 3 is 2.87 bits per heavy atom. The fourth-order valence-corrected chi connectivity index (χ4v) is 2.48. The van der Waals surface area contributed by atoms with Crippen LogP contribution in [0, 0.1) is 0 Å². The normalized spacial score (nSPS) is 10.7. The van der Waals surface area contributed by atoms with Crippen LogP contribution >= 0.6 is 0 Å². The van der Waals surface area contributed by atoms with Crippen molar-refractivity contribution in [3.8, 4) is 0 Å². The van der Waals surface area contributed by atoms with Gasteiger partial charge >= 0.3 is 0 Å². The molecule has 0 aliphatic rings. The van der Waals surface area contributed by atoms with Crippen LogP contribution in [0.25, 0.3) is 10.8 Å². The number of benzene rings is 1. The SMILES string of the molecule is CN(Cc1ccc2cnccc2c1)C(=O)c1cccc(CN)n1. The molecular weight excluding hydrogens is 288 g/mol. The quantitative estimate of drug-likeness (QED) is 0.803. The molecule has 116 valence electrons. The van der Waals surface area contributed by atoms with Crippen LogP contribution in [0.4, 0.5) is 0 Å². The number of nitrogens with zero attached hydrogens (tertiary/aromatic N) is 3. The van der Waals surface area contributed by atoms with Crippen LogP contribution in [0.2, 0.25) is 0 Å². The Kier molecular flexibility index (Phi) is 4.30. The zero-order chi connectivity index (χ0) is 16.2. The number of carbonyl (C=O) groups is 1. The van der Waals surface area contributed by atoms with Crippen LogP contribution < -0.4 is 5.73 Å². The highest BCUT2D eigenvalue weighted by atomic mass is 16.2. The first-order valence-electron chi connectivity index (χ1n) is 7.41. The molecule has 3 rings (SSSR count). The molecule has 0 bridgehead atoms. The number of pyridine rings is 2. The highest BCUT2D eigenvalue weighted by molar-refractivity contribution is 5.92. The minimum atomic E-state index is -0.116. The predicted molar refractivity (Wildman–Crippen MR) is 89.7 cm³/mol. The number of nitrogens with two attached hydrogens (primary N) is 1. The predicted octanol–water partition coefficient (Wildman–Crippen LogP) is 2.36. The maximum absolute atomic E-state index is 12.5. The maximum Gasteiger partial charge on any atom is 0.272 e. The first kappa shape index (κ1) is 15.1. The average Bonchev–Trinajstić information content (AvgIpc) is 2.61. The summed E-state index contributed by atoms with van der Waals surface area (Å²) in [4.78, 5) is 22.5. The van der Waals surface area contributed by atoms with Crippen molar-refractivity contribution in [1.82, 2.24) is 14.9 Å². The van der Waals surface area contributed by atoms with E-state index in [4.69, 9.17) is 5.73 Å². The number of amides is 1. The van der Waals surface area contributed by atoms with Crippen LogP contribution in [0.3, 0.4) is 0 Å². The van der Waals surface area contributed by atoms with Crippen molar-refractivity contribution in [1.29, 1.82) is 0 Å². The van der Waals surface area contributed by atoms with Gasteiger partial charge in [0, 0.05) is 37.9 Å². The molecule has 2 heterocycles. The third-order valence-corrected chi connectivity index (χ3v) is 3.71. The van der Waals surface area contributed by atoms with Gasteiger partial charge in [-0.25, -0.2) is 4.98 Å². The van der Waals surface area contributed by atoms with E-state index in [-0.39, 0.29) is 5.91 Å². The van der Waals surface area contributed by atoms with Gasteiger partial charge in [0.2, 0.25) is 0 Å². The maximum atomic E-state index is 12.5. The number of carbonyl (C=O) groups excluding carboxylic acids is 1. The summed E-state index contributed by atoms with van der Waals surface area (Å²) in [7, 11) is 1.77. The second-order valence-electron chi connectivity index (χ2n) is 5.44. The molecule has 0 atom stereocenters. The Hall–Kier alpha value is -2.79. The van der Waals surface area contributed by atoms with Crippen LogP contribution in [-0.2, 0) is 13.1 Å². The first-order chi connectivity index (χ1) is 11.2.